The molecule has 0 aliphatic carbocycles. The second-order valence-corrected chi connectivity index (χ2v) is 12.3. The van der Waals surface area contributed by atoms with Crippen LogP contribution in [0.4, 0.5) is 10.5 Å². The van der Waals surface area contributed by atoms with Gasteiger partial charge in [0.2, 0.25) is 10.0 Å². The largest absolute Gasteiger partial charge is 0.695 e. The standard InChI is InChI=1S/C25H32N3O10PS/c1-18(2)15-27(40(34,35)22-10-8-20(9-11-22)28(30)31)16-24(38-39(32)33)23(14-19-6-4-3-5-7-19)26-25(29)37-21-12-13-36-17-21/h3-11,18,21,23-24H,12-17H2,1-2H3,(H-,26,29,32,33)/p+1/t21-,23+,24-/m0/s1. The molecule has 2 N–H and O–H groups in total. The quantitative estimate of drug-likeness (QED) is 0.186. The smallest absolute Gasteiger partial charge is 0.444 e. The van der Waals surface area contributed by atoms with Gasteiger partial charge < -0.3 is 14.8 Å². The first-order valence-electron chi connectivity index (χ1n) is 12.6. The molecule has 13 nitrogen and oxygen atoms in total. The Balaban J connectivity index is 1.93. The number of amides is 1. The topological polar surface area (TPSA) is 175 Å². The molecule has 4 atom stereocenters. The Labute approximate surface area is 233 Å². The summed E-state index contributed by atoms with van der Waals surface area (Å²) in [6.45, 7) is 3.89. The monoisotopic (exact) mass is 598 g/mol. The predicted octanol–water partition coefficient (Wildman–Crippen LogP) is 3.40. The number of nitro groups is 1. The van der Waals surface area contributed by atoms with E-state index >= 15 is 0 Å². The lowest BCUT2D eigenvalue weighted by molar-refractivity contribution is -0.384. The molecule has 2 aromatic carbocycles. The summed E-state index contributed by atoms with van der Waals surface area (Å²) in [6, 6.07) is 12.4. The number of nitro benzene ring substituents is 1. The van der Waals surface area contributed by atoms with Crippen LogP contribution >= 0.6 is 8.25 Å². The second kappa shape index (κ2) is 14.6. The van der Waals surface area contributed by atoms with Crippen molar-refractivity contribution in [1.82, 2.24) is 9.62 Å². The van der Waals surface area contributed by atoms with Gasteiger partial charge in [-0.15, -0.1) is 9.42 Å². The average Bonchev–Trinajstić information content (AvgIpc) is 3.40. The lowest BCUT2D eigenvalue weighted by atomic mass is 10.0. The van der Waals surface area contributed by atoms with E-state index in [-0.39, 0.29) is 36.1 Å². The van der Waals surface area contributed by atoms with Crippen LogP contribution in [0.2, 0.25) is 0 Å². The average molecular weight is 599 g/mol. The number of rotatable bonds is 14. The molecule has 1 amide bonds. The van der Waals surface area contributed by atoms with Gasteiger partial charge in [-0.1, -0.05) is 44.2 Å². The molecular weight excluding hydrogens is 565 g/mol. The van der Waals surface area contributed by atoms with E-state index < -0.39 is 54.1 Å². The number of hydrogen-bond donors (Lipinski definition) is 2. The number of carbonyl (C=O) groups excluding carboxylic acids is 1. The summed E-state index contributed by atoms with van der Waals surface area (Å²) >= 11 is 0. The molecule has 15 heteroatoms. The summed E-state index contributed by atoms with van der Waals surface area (Å²) in [7, 11) is -7.43. The van der Waals surface area contributed by atoms with Gasteiger partial charge in [-0.25, -0.2) is 13.2 Å². The molecular formula is C25H33N3O10PS+. The minimum absolute atomic E-state index is 0.00328. The highest BCUT2D eigenvalue weighted by Crippen LogP contribution is 2.26. The maximum Gasteiger partial charge on any atom is 0.695 e. The number of carbonyl (C=O) groups is 1. The minimum Gasteiger partial charge on any atom is -0.444 e. The van der Waals surface area contributed by atoms with Crippen LogP contribution in [0.5, 0.6) is 0 Å². The fourth-order valence-electron chi connectivity index (χ4n) is 4.20. The van der Waals surface area contributed by atoms with Gasteiger partial charge in [0.25, 0.3) is 5.69 Å². The van der Waals surface area contributed by atoms with E-state index in [4.69, 9.17) is 14.0 Å². The molecule has 1 heterocycles. The van der Waals surface area contributed by atoms with Crippen molar-refractivity contribution in [3.05, 3.63) is 70.3 Å². The third-order valence-corrected chi connectivity index (χ3v) is 8.37. The lowest BCUT2D eigenvalue weighted by Gasteiger charge is -2.30. The molecule has 0 saturated carbocycles. The van der Waals surface area contributed by atoms with Gasteiger partial charge in [0.05, 0.1) is 29.1 Å². The minimum atomic E-state index is -4.23. The van der Waals surface area contributed by atoms with Crippen molar-refractivity contribution in [3.63, 3.8) is 0 Å². The molecule has 2 aromatic rings. The second-order valence-electron chi connectivity index (χ2n) is 9.68. The number of alkyl carbamates (subject to hydrolysis) is 1. The molecule has 40 heavy (non-hydrogen) atoms. The summed E-state index contributed by atoms with van der Waals surface area (Å²) < 4.78 is 56.2. The molecule has 0 spiro atoms. The zero-order valence-electron chi connectivity index (χ0n) is 22.1. The van der Waals surface area contributed by atoms with Crippen molar-refractivity contribution in [1.29, 1.82) is 0 Å². The lowest BCUT2D eigenvalue weighted by Crippen LogP contribution is -2.52. The van der Waals surface area contributed by atoms with Crippen LogP contribution in [0.1, 0.15) is 25.8 Å². The van der Waals surface area contributed by atoms with Gasteiger partial charge in [-0.2, -0.15) is 4.31 Å². The van der Waals surface area contributed by atoms with Crippen LogP contribution in [-0.2, 0) is 35.0 Å². The molecule has 218 valence electrons. The third kappa shape index (κ3) is 9.29. The van der Waals surface area contributed by atoms with E-state index in [1.54, 1.807) is 44.2 Å². The molecule has 0 aromatic heterocycles. The summed E-state index contributed by atoms with van der Waals surface area (Å²) in [5, 5.41) is 13.7. The zero-order chi connectivity index (χ0) is 29.3. The summed E-state index contributed by atoms with van der Waals surface area (Å²) in [5.41, 5.74) is 0.485. The molecule has 1 aliphatic rings. The Bertz CT molecular complexity index is 1260. The van der Waals surface area contributed by atoms with E-state index in [0.717, 1.165) is 34.1 Å². The van der Waals surface area contributed by atoms with Gasteiger partial charge in [0, 0.05) is 36.2 Å². The number of non-ortho nitro benzene ring substituents is 1. The van der Waals surface area contributed by atoms with E-state index in [9.17, 15) is 32.8 Å². The number of nitrogens with one attached hydrogen (secondary N) is 1. The van der Waals surface area contributed by atoms with E-state index in [0.29, 0.717) is 13.0 Å². The number of nitrogens with zero attached hydrogens (tertiary/aromatic N) is 2. The molecule has 0 radical (unpaired) electrons. The zero-order valence-corrected chi connectivity index (χ0v) is 23.8. The van der Waals surface area contributed by atoms with Gasteiger partial charge in [-0.3, -0.25) is 10.1 Å². The van der Waals surface area contributed by atoms with Crippen molar-refractivity contribution in [2.24, 2.45) is 5.92 Å². The number of hydrogen-bond acceptors (Lipinski definition) is 9. The Morgan fingerprint density at radius 1 is 1.20 bits per heavy atom. The van der Waals surface area contributed by atoms with Crippen molar-refractivity contribution in [2.45, 2.75) is 49.8 Å². The van der Waals surface area contributed by atoms with Gasteiger partial charge in [-0.05, 0) is 30.0 Å². The maximum absolute atomic E-state index is 13.6. The first-order chi connectivity index (χ1) is 19.0. The van der Waals surface area contributed by atoms with Gasteiger partial charge in [0.1, 0.15) is 6.10 Å². The molecule has 1 unspecified atom stereocenters. The van der Waals surface area contributed by atoms with Crippen molar-refractivity contribution in [2.75, 3.05) is 26.3 Å². The van der Waals surface area contributed by atoms with Crippen LogP contribution < -0.4 is 5.32 Å². The summed E-state index contributed by atoms with van der Waals surface area (Å²) in [4.78, 5) is 32.7. The highest BCUT2D eigenvalue weighted by atomic mass is 32.2. The van der Waals surface area contributed by atoms with Crippen LogP contribution in [0.25, 0.3) is 0 Å². The highest BCUT2D eigenvalue weighted by molar-refractivity contribution is 7.89. The number of ether oxygens (including phenoxy) is 2. The number of benzene rings is 2. The van der Waals surface area contributed by atoms with Crippen LogP contribution in [0.15, 0.2) is 59.5 Å². The Hall–Kier alpha value is -3.00. The predicted molar refractivity (Wildman–Crippen MR) is 144 cm³/mol. The molecule has 1 aliphatic heterocycles. The van der Waals surface area contributed by atoms with E-state index in [1.165, 1.54) is 0 Å². The molecule has 3 rings (SSSR count). The molecule has 0 bridgehead atoms. The highest BCUT2D eigenvalue weighted by Gasteiger charge is 2.38. The van der Waals surface area contributed by atoms with Crippen molar-refractivity contribution in [3.8, 4) is 0 Å². The number of sulfonamides is 1. The van der Waals surface area contributed by atoms with Crippen molar-refractivity contribution < 1.29 is 41.6 Å². The van der Waals surface area contributed by atoms with E-state index in [2.05, 4.69) is 5.32 Å². The first kappa shape index (κ1) is 31.5. The Kier molecular flexibility index (Phi) is 11.5. The van der Waals surface area contributed by atoms with E-state index in [1.807, 2.05) is 0 Å². The van der Waals surface area contributed by atoms with Crippen LogP contribution in [-0.4, -0.2) is 73.2 Å². The summed E-state index contributed by atoms with van der Waals surface area (Å²) in [6.07, 6.45) is -1.86. The van der Waals surface area contributed by atoms with Crippen LogP contribution in [0, 0.1) is 16.0 Å². The Morgan fingerprint density at radius 3 is 2.42 bits per heavy atom. The molecule has 1 fully saturated rings. The normalized spacial score (nSPS) is 17.4. The third-order valence-electron chi connectivity index (χ3n) is 6.08. The molecule has 1 saturated heterocycles. The van der Waals surface area contributed by atoms with Crippen LogP contribution in [0.3, 0.4) is 0 Å². The summed E-state index contributed by atoms with van der Waals surface area (Å²) in [5.74, 6) is -0.163. The Morgan fingerprint density at radius 2 is 1.88 bits per heavy atom. The van der Waals surface area contributed by atoms with Gasteiger partial charge in [0.15, 0.2) is 6.10 Å². The SMILES string of the molecule is CC(C)CN(C[C@H](O[P+](=O)O)[C@@H](Cc1ccccc1)NC(=O)O[C@H]1CCOC1)S(=O)(=O)c1ccc([N+](=O)[O-])cc1. The fraction of sp³-hybridized carbons (Fsp3) is 0.480. The maximum atomic E-state index is 13.6. The van der Waals surface area contributed by atoms with Gasteiger partial charge >= 0.3 is 14.3 Å². The fourth-order valence-corrected chi connectivity index (χ4v) is 6.26. The first-order valence-corrected chi connectivity index (χ1v) is 15.2. The van der Waals surface area contributed by atoms with Crippen molar-refractivity contribution >= 4 is 30.1 Å².